The second-order valence-corrected chi connectivity index (χ2v) is 6.12. The van der Waals surface area contributed by atoms with Crippen molar-refractivity contribution in [3.63, 3.8) is 0 Å². The molecule has 0 spiro atoms. The largest absolute Gasteiger partial charge is 0.456 e. The van der Waals surface area contributed by atoms with E-state index in [0.29, 0.717) is 21.1 Å². The summed E-state index contributed by atoms with van der Waals surface area (Å²) in [5, 5.41) is 0.990. The summed E-state index contributed by atoms with van der Waals surface area (Å²) in [7, 11) is 0. The van der Waals surface area contributed by atoms with Gasteiger partial charge in [-0.05, 0) is 42.0 Å². The highest BCUT2D eigenvalue weighted by molar-refractivity contribution is 6.42. The van der Waals surface area contributed by atoms with Crippen LogP contribution >= 0.6 is 23.2 Å². The minimum atomic E-state index is -4.44. The van der Waals surface area contributed by atoms with Crippen LogP contribution in [0.1, 0.15) is 21.6 Å². The van der Waals surface area contributed by atoms with E-state index in [9.17, 15) is 18.0 Å². The predicted molar refractivity (Wildman–Crippen MR) is 88.9 cm³/mol. The molecule has 0 saturated heterocycles. The van der Waals surface area contributed by atoms with Gasteiger partial charge in [-0.3, -0.25) is 0 Å². The molecule has 1 aromatic heterocycles. The Kier molecular flexibility index (Phi) is 4.67. The molecule has 0 aliphatic rings. The number of nitrogens with one attached hydrogen (secondary N) is 1. The number of benzene rings is 2. The van der Waals surface area contributed by atoms with Gasteiger partial charge >= 0.3 is 12.1 Å². The van der Waals surface area contributed by atoms with Crippen LogP contribution in [-0.4, -0.2) is 11.0 Å². The number of carbonyl (C=O) groups is 1. The maximum absolute atomic E-state index is 12.7. The molecule has 0 aliphatic carbocycles. The van der Waals surface area contributed by atoms with E-state index in [0.717, 1.165) is 12.1 Å². The molecular formula is C17H10Cl2F3NO2. The summed E-state index contributed by atoms with van der Waals surface area (Å²) >= 11 is 11.7. The number of hydrogen-bond donors (Lipinski definition) is 1. The molecule has 1 N–H and O–H groups in total. The molecule has 0 aliphatic heterocycles. The zero-order chi connectivity index (χ0) is 18.2. The number of ether oxygens (including phenoxy) is 1. The highest BCUT2D eigenvalue weighted by Gasteiger charge is 2.30. The number of esters is 1. The molecule has 0 radical (unpaired) electrons. The van der Waals surface area contributed by atoms with E-state index in [1.54, 1.807) is 18.2 Å². The lowest BCUT2D eigenvalue weighted by molar-refractivity contribution is -0.137. The first-order chi connectivity index (χ1) is 11.7. The van der Waals surface area contributed by atoms with E-state index in [1.807, 2.05) is 0 Å². The van der Waals surface area contributed by atoms with Crippen molar-refractivity contribution in [2.24, 2.45) is 0 Å². The number of aromatic nitrogens is 1. The van der Waals surface area contributed by atoms with Gasteiger partial charge in [-0.2, -0.15) is 13.2 Å². The molecule has 3 aromatic rings. The number of rotatable bonds is 3. The van der Waals surface area contributed by atoms with Crippen LogP contribution in [0.4, 0.5) is 13.2 Å². The smallest absolute Gasteiger partial charge is 0.416 e. The van der Waals surface area contributed by atoms with Crippen molar-refractivity contribution in [2.75, 3.05) is 0 Å². The van der Waals surface area contributed by atoms with Crippen LogP contribution in [0.3, 0.4) is 0 Å². The zero-order valence-corrected chi connectivity index (χ0v) is 14.0. The Morgan fingerprint density at radius 3 is 2.48 bits per heavy atom. The number of fused-ring (bicyclic) bond motifs is 1. The first kappa shape index (κ1) is 17.6. The number of halogens is 5. The lowest BCUT2D eigenvalue weighted by atomic mass is 10.1. The number of hydrogen-bond acceptors (Lipinski definition) is 2. The third-order valence-corrected chi connectivity index (χ3v) is 4.26. The van der Waals surface area contributed by atoms with Gasteiger partial charge < -0.3 is 9.72 Å². The molecule has 1 heterocycles. The highest BCUT2D eigenvalue weighted by Crippen LogP contribution is 2.31. The average Bonchev–Trinajstić information content (AvgIpc) is 2.98. The van der Waals surface area contributed by atoms with E-state index in [1.165, 1.54) is 12.1 Å². The van der Waals surface area contributed by atoms with Crippen LogP contribution in [0.15, 0.2) is 42.5 Å². The lowest BCUT2D eigenvalue weighted by Crippen LogP contribution is -2.05. The van der Waals surface area contributed by atoms with E-state index in [-0.39, 0.29) is 17.7 Å². The van der Waals surface area contributed by atoms with Gasteiger partial charge in [-0.1, -0.05) is 29.3 Å². The van der Waals surface area contributed by atoms with Crippen LogP contribution in [0, 0.1) is 0 Å². The summed E-state index contributed by atoms with van der Waals surface area (Å²) in [6.07, 6.45) is -4.44. The molecule has 0 atom stereocenters. The van der Waals surface area contributed by atoms with E-state index in [2.05, 4.69) is 4.98 Å². The summed E-state index contributed by atoms with van der Waals surface area (Å²) in [6.45, 7) is -0.0428. The Balaban J connectivity index is 1.76. The first-order valence-corrected chi connectivity index (χ1v) is 7.80. The molecule has 3 rings (SSSR count). The quantitative estimate of drug-likeness (QED) is 0.572. The van der Waals surface area contributed by atoms with Crippen molar-refractivity contribution in [1.29, 1.82) is 0 Å². The normalized spacial score (nSPS) is 11.7. The molecule has 130 valence electrons. The van der Waals surface area contributed by atoms with Crippen LogP contribution in [-0.2, 0) is 17.5 Å². The van der Waals surface area contributed by atoms with Crippen LogP contribution in [0.25, 0.3) is 10.9 Å². The topological polar surface area (TPSA) is 42.1 Å². The molecule has 0 amide bonds. The van der Waals surface area contributed by atoms with Gasteiger partial charge in [0.2, 0.25) is 0 Å². The van der Waals surface area contributed by atoms with E-state index >= 15 is 0 Å². The summed E-state index contributed by atoms with van der Waals surface area (Å²) in [5.74, 6) is -0.684. The van der Waals surface area contributed by atoms with Crippen molar-refractivity contribution >= 4 is 40.1 Å². The maximum atomic E-state index is 12.7. The third kappa shape index (κ3) is 3.91. The van der Waals surface area contributed by atoms with Gasteiger partial charge in [0.15, 0.2) is 0 Å². The van der Waals surface area contributed by atoms with Crippen LogP contribution < -0.4 is 0 Å². The Hall–Kier alpha value is -2.18. The lowest BCUT2D eigenvalue weighted by Gasteiger charge is -2.05. The van der Waals surface area contributed by atoms with Crippen molar-refractivity contribution < 1.29 is 22.7 Å². The molecule has 0 unspecified atom stereocenters. The fourth-order valence-corrected chi connectivity index (χ4v) is 2.60. The first-order valence-electron chi connectivity index (χ1n) is 7.05. The second-order valence-electron chi connectivity index (χ2n) is 5.31. The molecule has 0 fully saturated rings. The monoisotopic (exact) mass is 387 g/mol. The number of alkyl halides is 3. The number of aromatic amines is 1. The third-order valence-electron chi connectivity index (χ3n) is 3.52. The molecule has 2 aromatic carbocycles. The minimum Gasteiger partial charge on any atom is -0.456 e. The van der Waals surface area contributed by atoms with E-state index < -0.39 is 17.7 Å². The molecule has 25 heavy (non-hydrogen) atoms. The predicted octanol–water partition coefficient (Wildman–Crippen LogP) is 5.85. The Morgan fingerprint density at radius 1 is 1.04 bits per heavy atom. The summed E-state index contributed by atoms with van der Waals surface area (Å²) < 4.78 is 43.3. The van der Waals surface area contributed by atoms with Crippen molar-refractivity contribution in [3.8, 4) is 0 Å². The van der Waals surface area contributed by atoms with Gasteiger partial charge in [0.25, 0.3) is 0 Å². The Bertz CT molecular complexity index is 951. The van der Waals surface area contributed by atoms with Gasteiger partial charge in [-0.15, -0.1) is 0 Å². The minimum absolute atomic E-state index is 0.0428. The number of H-pyrrole nitrogens is 1. The van der Waals surface area contributed by atoms with Crippen molar-refractivity contribution in [2.45, 2.75) is 12.8 Å². The fourth-order valence-electron chi connectivity index (χ4n) is 2.27. The van der Waals surface area contributed by atoms with Crippen LogP contribution in [0.5, 0.6) is 0 Å². The molecular weight excluding hydrogens is 378 g/mol. The molecule has 0 bridgehead atoms. The molecule has 8 heteroatoms. The van der Waals surface area contributed by atoms with Gasteiger partial charge in [0.1, 0.15) is 12.3 Å². The maximum Gasteiger partial charge on any atom is 0.416 e. The molecule has 3 nitrogen and oxygen atoms in total. The fraction of sp³-hybridized carbons (Fsp3) is 0.118. The number of carbonyl (C=O) groups excluding carboxylic acids is 1. The molecule has 0 saturated carbocycles. The van der Waals surface area contributed by atoms with Crippen molar-refractivity contribution in [1.82, 2.24) is 4.98 Å². The summed E-state index contributed by atoms with van der Waals surface area (Å²) in [4.78, 5) is 14.8. The summed E-state index contributed by atoms with van der Waals surface area (Å²) in [5.41, 5.74) is 0.330. The van der Waals surface area contributed by atoms with Crippen LogP contribution in [0.2, 0.25) is 10.0 Å². The SMILES string of the molecule is O=C(OCc1ccc(Cl)c(Cl)c1)c1cc2cc(C(F)(F)F)ccc2[nH]1. The Morgan fingerprint density at radius 2 is 1.80 bits per heavy atom. The summed E-state index contributed by atoms with van der Waals surface area (Å²) in [6, 6.07) is 9.32. The van der Waals surface area contributed by atoms with Gasteiger partial charge in [-0.25, -0.2) is 4.79 Å². The van der Waals surface area contributed by atoms with E-state index in [4.69, 9.17) is 27.9 Å². The average molecular weight is 388 g/mol. The van der Waals surface area contributed by atoms with Gasteiger partial charge in [0, 0.05) is 10.9 Å². The van der Waals surface area contributed by atoms with Gasteiger partial charge in [0.05, 0.1) is 15.6 Å². The Labute approximate surface area is 150 Å². The standard InChI is InChI=1S/C17H10Cl2F3NO2/c18-12-3-1-9(5-13(12)19)8-25-16(24)15-7-10-6-11(17(20,21)22)2-4-14(10)23-15/h1-7,23H,8H2. The second kappa shape index (κ2) is 6.61. The van der Waals surface area contributed by atoms with Crippen molar-refractivity contribution in [3.05, 3.63) is 69.3 Å². The zero-order valence-electron chi connectivity index (χ0n) is 12.5. The highest BCUT2D eigenvalue weighted by atomic mass is 35.5.